The van der Waals surface area contributed by atoms with E-state index in [1.165, 1.54) is 22.6 Å². The van der Waals surface area contributed by atoms with Crippen LogP contribution >= 0.6 is 11.8 Å². The fourth-order valence-corrected chi connectivity index (χ4v) is 3.75. The Kier molecular flexibility index (Phi) is 6.70. The standard InChI is InChI=1S/C21H25FN4OS/c1-15(25(2)3)20-23-24-21(26(20)18-9-7-17(22)8-10-18)28-14-13-16-5-11-19(27-4)12-6-16/h5-12,15H,13-14H2,1-4H3/p+1/t15-/m1/s1. The molecular formula is C21H26FN4OS+. The van der Waals surface area contributed by atoms with Crippen LogP contribution < -0.4 is 9.64 Å². The van der Waals surface area contributed by atoms with Gasteiger partial charge >= 0.3 is 0 Å². The number of benzene rings is 2. The van der Waals surface area contributed by atoms with E-state index < -0.39 is 0 Å². The Morgan fingerprint density at radius 2 is 1.75 bits per heavy atom. The van der Waals surface area contributed by atoms with Gasteiger partial charge < -0.3 is 9.64 Å². The molecule has 0 aliphatic heterocycles. The predicted molar refractivity (Wildman–Crippen MR) is 110 cm³/mol. The third-order valence-corrected chi connectivity index (χ3v) is 5.71. The number of hydrogen-bond acceptors (Lipinski definition) is 4. The summed E-state index contributed by atoms with van der Waals surface area (Å²) in [6, 6.07) is 14.7. The minimum atomic E-state index is -0.252. The van der Waals surface area contributed by atoms with Crippen LogP contribution in [-0.2, 0) is 6.42 Å². The van der Waals surface area contributed by atoms with E-state index in [1.807, 2.05) is 16.7 Å². The molecule has 0 saturated heterocycles. The van der Waals surface area contributed by atoms with E-state index in [2.05, 4.69) is 43.3 Å². The summed E-state index contributed by atoms with van der Waals surface area (Å²) in [5.74, 6) is 2.35. The quantitative estimate of drug-likeness (QED) is 0.590. The van der Waals surface area contributed by atoms with E-state index in [0.717, 1.165) is 34.6 Å². The van der Waals surface area contributed by atoms with Gasteiger partial charge in [-0.05, 0) is 55.3 Å². The molecule has 1 heterocycles. The molecule has 0 fully saturated rings. The predicted octanol–water partition coefficient (Wildman–Crippen LogP) is 2.96. The highest BCUT2D eigenvalue weighted by Gasteiger charge is 2.23. The van der Waals surface area contributed by atoms with Crippen molar-refractivity contribution in [1.82, 2.24) is 14.8 Å². The van der Waals surface area contributed by atoms with Gasteiger partial charge in [0.25, 0.3) is 0 Å². The van der Waals surface area contributed by atoms with Crippen molar-refractivity contribution < 1.29 is 14.0 Å². The fraction of sp³-hybridized carbons (Fsp3) is 0.333. The van der Waals surface area contributed by atoms with E-state index in [1.54, 1.807) is 31.0 Å². The molecule has 0 amide bonds. The summed E-state index contributed by atoms with van der Waals surface area (Å²) < 4.78 is 20.6. The van der Waals surface area contributed by atoms with Gasteiger partial charge in [0.15, 0.2) is 11.0 Å². The Morgan fingerprint density at radius 3 is 2.36 bits per heavy atom. The number of aromatic nitrogens is 3. The molecule has 3 rings (SSSR count). The first-order valence-corrected chi connectivity index (χ1v) is 10.2. The monoisotopic (exact) mass is 401 g/mol. The molecule has 0 unspecified atom stereocenters. The lowest BCUT2D eigenvalue weighted by molar-refractivity contribution is -0.890. The number of rotatable bonds is 8. The van der Waals surface area contributed by atoms with Crippen LogP contribution in [0.4, 0.5) is 4.39 Å². The van der Waals surface area contributed by atoms with Gasteiger partial charge in [-0.25, -0.2) is 4.39 Å². The molecular weight excluding hydrogens is 375 g/mol. The first-order chi connectivity index (χ1) is 13.5. The van der Waals surface area contributed by atoms with Gasteiger partial charge in [-0.1, -0.05) is 23.9 Å². The van der Waals surface area contributed by atoms with E-state index >= 15 is 0 Å². The van der Waals surface area contributed by atoms with Gasteiger partial charge in [0.2, 0.25) is 0 Å². The van der Waals surface area contributed by atoms with E-state index in [-0.39, 0.29) is 11.9 Å². The molecule has 0 saturated carbocycles. The molecule has 7 heteroatoms. The van der Waals surface area contributed by atoms with Crippen LogP contribution in [0.3, 0.4) is 0 Å². The zero-order valence-corrected chi connectivity index (χ0v) is 17.5. The Hall–Kier alpha value is -2.38. The summed E-state index contributed by atoms with van der Waals surface area (Å²) in [6.45, 7) is 2.12. The van der Waals surface area contributed by atoms with Crippen LogP contribution in [0.15, 0.2) is 53.7 Å². The van der Waals surface area contributed by atoms with Crippen LogP contribution in [0.5, 0.6) is 5.75 Å². The van der Waals surface area contributed by atoms with Gasteiger partial charge in [-0.3, -0.25) is 4.57 Å². The maximum atomic E-state index is 13.4. The second-order valence-corrected chi connectivity index (χ2v) is 7.96. The van der Waals surface area contributed by atoms with Crippen LogP contribution in [0, 0.1) is 5.82 Å². The minimum Gasteiger partial charge on any atom is -0.497 e. The van der Waals surface area contributed by atoms with Crippen molar-refractivity contribution in [2.24, 2.45) is 0 Å². The normalized spacial score (nSPS) is 12.4. The van der Waals surface area contributed by atoms with Crippen LogP contribution in [0.1, 0.15) is 24.4 Å². The number of nitrogens with zero attached hydrogens (tertiary/aromatic N) is 3. The Morgan fingerprint density at radius 1 is 1.07 bits per heavy atom. The second-order valence-electron chi connectivity index (χ2n) is 6.90. The van der Waals surface area contributed by atoms with Crippen molar-refractivity contribution in [2.75, 3.05) is 27.0 Å². The zero-order valence-electron chi connectivity index (χ0n) is 16.6. The van der Waals surface area contributed by atoms with E-state index in [9.17, 15) is 4.39 Å². The molecule has 3 aromatic rings. The van der Waals surface area contributed by atoms with Gasteiger partial charge in [-0.2, -0.15) is 0 Å². The molecule has 148 valence electrons. The Labute approximate surface area is 169 Å². The van der Waals surface area contributed by atoms with Crippen molar-refractivity contribution in [3.63, 3.8) is 0 Å². The van der Waals surface area contributed by atoms with Crippen molar-refractivity contribution >= 4 is 11.8 Å². The Bertz CT molecular complexity index is 894. The lowest BCUT2D eigenvalue weighted by atomic mass is 10.2. The minimum absolute atomic E-state index is 0.161. The number of ether oxygens (including phenoxy) is 1. The number of quaternary nitrogens is 1. The summed E-state index contributed by atoms with van der Waals surface area (Å²) in [5.41, 5.74) is 2.12. The molecule has 0 spiro atoms. The molecule has 2 aromatic carbocycles. The summed E-state index contributed by atoms with van der Waals surface area (Å²) in [6.07, 6.45) is 0.911. The first kappa shape index (κ1) is 20.4. The topological polar surface area (TPSA) is 44.4 Å². The number of aryl methyl sites for hydroxylation is 1. The molecule has 1 N–H and O–H groups in total. The average Bonchev–Trinajstić information content (AvgIpc) is 3.12. The highest BCUT2D eigenvalue weighted by atomic mass is 32.2. The molecule has 1 aromatic heterocycles. The average molecular weight is 402 g/mol. The van der Waals surface area contributed by atoms with Crippen molar-refractivity contribution in [3.8, 4) is 11.4 Å². The summed E-state index contributed by atoms with van der Waals surface area (Å²) in [4.78, 5) is 1.26. The number of hydrogen-bond donors (Lipinski definition) is 1. The second kappa shape index (κ2) is 9.21. The van der Waals surface area contributed by atoms with Crippen LogP contribution in [-0.4, -0.2) is 41.7 Å². The number of thioether (sulfide) groups is 1. The van der Waals surface area contributed by atoms with Crippen molar-refractivity contribution in [3.05, 3.63) is 65.7 Å². The maximum absolute atomic E-state index is 13.4. The highest BCUT2D eigenvalue weighted by Crippen LogP contribution is 2.25. The number of methoxy groups -OCH3 is 1. The largest absolute Gasteiger partial charge is 0.497 e. The SMILES string of the molecule is COc1ccc(CCSc2nnc([C@@H](C)[NH+](C)C)n2-c2ccc(F)cc2)cc1. The molecule has 1 atom stereocenters. The lowest BCUT2D eigenvalue weighted by Gasteiger charge is -2.18. The van der Waals surface area contributed by atoms with Gasteiger partial charge in [0, 0.05) is 11.4 Å². The highest BCUT2D eigenvalue weighted by molar-refractivity contribution is 7.99. The number of nitrogens with one attached hydrogen (secondary N) is 1. The molecule has 28 heavy (non-hydrogen) atoms. The summed E-state index contributed by atoms with van der Waals surface area (Å²) >= 11 is 1.66. The van der Waals surface area contributed by atoms with Crippen molar-refractivity contribution in [1.29, 1.82) is 0 Å². The third kappa shape index (κ3) is 4.72. The molecule has 0 bridgehead atoms. The van der Waals surface area contributed by atoms with Crippen molar-refractivity contribution in [2.45, 2.75) is 24.5 Å². The molecule has 0 aliphatic carbocycles. The molecule has 5 nitrogen and oxygen atoms in total. The zero-order chi connectivity index (χ0) is 20.1. The number of halogens is 1. The molecule has 0 radical (unpaired) electrons. The summed E-state index contributed by atoms with van der Waals surface area (Å²) in [7, 11) is 5.84. The van der Waals surface area contributed by atoms with Gasteiger partial charge in [0.1, 0.15) is 17.6 Å². The van der Waals surface area contributed by atoms with Crippen LogP contribution in [0.25, 0.3) is 5.69 Å². The summed E-state index contributed by atoms with van der Waals surface area (Å²) in [5, 5.41) is 9.69. The molecule has 0 aliphatic rings. The first-order valence-electron chi connectivity index (χ1n) is 9.26. The van der Waals surface area contributed by atoms with Gasteiger partial charge in [0.05, 0.1) is 21.2 Å². The fourth-order valence-electron chi connectivity index (χ4n) is 2.80. The lowest BCUT2D eigenvalue weighted by Crippen LogP contribution is -3.05. The van der Waals surface area contributed by atoms with E-state index in [4.69, 9.17) is 4.74 Å². The Balaban J connectivity index is 1.80. The third-order valence-electron chi connectivity index (χ3n) is 4.78. The van der Waals surface area contributed by atoms with Crippen LogP contribution in [0.2, 0.25) is 0 Å². The smallest absolute Gasteiger partial charge is 0.196 e. The maximum Gasteiger partial charge on any atom is 0.196 e. The van der Waals surface area contributed by atoms with E-state index in [0.29, 0.717) is 0 Å². The van der Waals surface area contributed by atoms with Gasteiger partial charge in [-0.15, -0.1) is 10.2 Å².